The summed E-state index contributed by atoms with van der Waals surface area (Å²) in [4.78, 5) is 22.9. The molecule has 2 heterocycles. The molecule has 5 aromatic carbocycles. The molecule has 0 fully saturated rings. The van der Waals surface area contributed by atoms with Crippen LogP contribution in [-0.2, 0) is 11.4 Å². The number of hydrogen-bond acceptors (Lipinski definition) is 7. The molecule has 0 atom stereocenters. The summed E-state index contributed by atoms with van der Waals surface area (Å²) in [6.07, 6.45) is 0. The maximum absolute atomic E-state index is 13.1. The summed E-state index contributed by atoms with van der Waals surface area (Å²) in [5.41, 5.74) is 6.44. The number of nitrogens with zero attached hydrogens (tertiary/aromatic N) is 2. The molecule has 2 N–H and O–H groups in total. The summed E-state index contributed by atoms with van der Waals surface area (Å²) in [6.45, 7) is 0. The van der Waals surface area contributed by atoms with Gasteiger partial charge in [0.1, 0.15) is 16.8 Å². The zero-order chi connectivity index (χ0) is 32.2. The van der Waals surface area contributed by atoms with Crippen LogP contribution in [0.15, 0.2) is 133 Å². The normalized spacial score (nSPS) is 11.4. The number of ether oxygens (including phenoxy) is 1. The van der Waals surface area contributed by atoms with E-state index < -0.39 is 5.54 Å². The van der Waals surface area contributed by atoms with Crippen LogP contribution < -0.4 is 15.4 Å². The van der Waals surface area contributed by atoms with Crippen LogP contribution in [0.3, 0.4) is 0 Å². The van der Waals surface area contributed by atoms with Crippen molar-refractivity contribution >= 4 is 60.7 Å². The van der Waals surface area contributed by atoms with Crippen molar-refractivity contribution in [3.05, 3.63) is 161 Å². The van der Waals surface area contributed by atoms with Gasteiger partial charge >= 0.3 is 0 Å². The monoisotopic (exact) mass is 672 g/mol. The minimum atomic E-state index is -0.696. The molecule has 2 aromatic heterocycles. The van der Waals surface area contributed by atoms with Crippen LogP contribution in [0.25, 0.3) is 21.5 Å². The third-order valence-electron chi connectivity index (χ3n) is 8.01. The largest absolute Gasteiger partial charge is 0.494 e. The molecule has 0 saturated carbocycles. The van der Waals surface area contributed by atoms with Crippen LogP contribution >= 0.6 is 34.3 Å². The Morgan fingerprint density at radius 2 is 1.36 bits per heavy atom. The van der Waals surface area contributed by atoms with Gasteiger partial charge in [0.2, 0.25) is 0 Å². The Kier molecular flexibility index (Phi) is 8.72. The summed E-state index contributed by atoms with van der Waals surface area (Å²) in [5, 5.41) is 10.1. The number of carbonyl (C=O) groups is 1. The van der Waals surface area contributed by atoms with Crippen molar-refractivity contribution in [1.82, 2.24) is 9.97 Å². The number of benzene rings is 5. The fourth-order valence-electron chi connectivity index (χ4n) is 5.71. The van der Waals surface area contributed by atoms with Crippen molar-refractivity contribution in [2.45, 2.75) is 11.4 Å². The van der Waals surface area contributed by atoms with E-state index in [2.05, 4.69) is 83.4 Å². The predicted octanol–water partition coefficient (Wildman–Crippen LogP) is 9.82. The average Bonchev–Trinajstić information content (AvgIpc) is 3.78. The highest BCUT2D eigenvalue weighted by molar-refractivity contribution is 7.23. The zero-order valence-electron chi connectivity index (χ0n) is 25.3. The number of fused-ring (bicyclic) bond motifs is 1. The minimum Gasteiger partial charge on any atom is -0.494 e. The van der Waals surface area contributed by atoms with E-state index in [1.165, 1.54) is 11.3 Å². The van der Waals surface area contributed by atoms with Crippen molar-refractivity contribution in [1.29, 1.82) is 0 Å². The number of halogens is 1. The summed E-state index contributed by atoms with van der Waals surface area (Å²) in [5.74, 6) is 0.767. The molecule has 0 bridgehead atoms. The number of nitrogens with one attached hydrogen (secondary N) is 2. The summed E-state index contributed by atoms with van der Waals surface area (Å²) in [7, 11) is 1.62. The van der Waals surface area contributed by atoms with E-state index in [1.54, 1.807) is 30.6 Å². The van der Waals surface area contributed by atoms with Gasteiger partial charge in [0.05, 0.1) is 17.5 Å². The second kappa shape index (κ2) is 13.4. The number of methoxy groups -OCH3 is 1. The quantitative estimate of drug-likeness (QED) is 0.112. The van der Waals surface area contributed by atoms with Gasteiger partial charge in [-0.15, -0.1) is 22.9 Å². The Hall–Kier alpha value is -5.02. The van der Waals surface area contributed by atoms with Crippen molar-refractivity contribution in [3.8, 4) is 17.0 Å². The number of rotatable bonds is 10. The van der Waals surface area contributed by atoms with Gasteiger partial charge in [0, 0.05) is 22.4 Å². The van der Waals surface area contributed by atoms with Crippen LogP contribution in [0.5, 0.6) is 5.75 Å². The molecule has 232 valence electrons. The van der Waals surface area contributed by atoms with Crippen LogP contribution in [0.2, 0.25) is 0 Å². The topological polar surface area (TPSA) is 76.1 Å². The van der Waals surface area contributed by atoms with Crippen LogP contribution in [0.1, 0.15) is 32.6 Å². The van der Waals surface area contributed by atoms with Gasteiger partial charge in [-0.3, -0.25) is 10.1 Å². The molecular formula is C38H29ClN4O2S2. The molecule has 0 aliphatic heterocycles. The number of amides is 1. The smallest absolute Gasteiger partial charge is 0.257 e. The fraction of sp³-hybridized carbons (Fsp3) is 0.0789. The van der Waals surface area contributed by atoms with E-state index in [0.717, 1.165) is 43.3 Å². The Balaban J connectivity index is 1.27. The molecule has 6 nitrogen and oxygen atoms in total. The predicted molar refractivity (Wildman–Crippen MR) is 194 cm³/mol. The zero-order valence-corrected chi connectivity index (χ0v) is 27.7. The molecule has 47 heavy (non-hydrogen) atoms. The van der Waals surface area contributed by atoms with Crippen molar-refractivity contribution < 1.29 is 9.53 Å². The standard InChI is InChI=1S/C38H29ClN4O2S2/c1-45-32-22-21-30(34-33(32)41-36(47-34)42-35(44)26-19-17-25(23-39)18-20-26)31-24-46-37(40-31)43-38(27-11-5-2-6-12-27,28-13-7-3-8-14-28)29-15-9-4-10-16-29/h2-22,24H,23H2,1H3,(H,40,43)(H,41,42,44). The van der Waals surface area contributed by atoms with Gasteiger partial charge in [-0.1, -0.05) is 114 Å². The lowest BCUT2D eigenvalue weighted by molar-refractivity contribution is 0.102. The highest BCUT2D eigenvalue weighted by Gasteiger charge is 2.37. The Labute approximate surface area is 285 Å². The number of anilines is 2. The molecule has 7 rings (SSSR count). The van der Waals surface area contributed by atoms with E-state index in [0.29, 0.717) is 27.8 Å². The van der Waals surface area contributed by atoms with Crippen LogP contribution in [0.4, 0.5) is 10.3 Å². The lowest BCUT2D eigenvalue weighted by atomic mass is 9.77. The molecule has 0 unspecified atom stereocenters. The fourth-order valence-corrected chi connectivity index (χ4v) is 7.66. The molecule has 0 spiro atoms. The first-order valence-electron chi connectivity index (χ1n) is 14.9. The highest BCUT2D eigenvalue weighted by Crippen LogP contribution is 2.43. The molecule has 1 amide bonds. The highest BCUT2D eigenvalue weighted by atomic mass is 35.5. The van der Waals surface area contributed by atoms with E-state index in [1.807, 2.05) is 47.8 Å². The van der Waals surface area contributed by atoms with Crippen molar-refractivity contribution in [2.75, 3.05) is 17.7 Å². The summed E-state index contributed by atoms with van der Waals surface area (Å²) < 4.78 is 6.52. The average molecular weight is 673 g/mol. The maximum atomic E-state index is 13.1. The lowest BCUT2D eigenvalue weighted by Crippen LogP contribution is -2.38. The molecule has 0 aliphatic rings. The SMILES string of the molecule is COc1ccc(-c2csc(NC(c3ccccc3)(c3ccccc3)c3ccccc3)n2)c2sc(NC(=O)c3ccc(CCl)cc3)nc12. The first-order valence-corrected chi connectivity index (χ1v) is 17.2. The first kappa shape index (κ1) is 30.6. The van der Waals surface area contributed by atoms with Gasteiger partial charge < -0.3 is 10.1 Å². The number of alkyl halides is 1. The second-order valence-electron chi connectivity index (χ2n) is 10.8. The second-order valence-corrected chi connectivity index (χ2v) is 12.9. The molecule has 9 heteroatoms. The Morgan fingerprint density at radius 3 is 1.91 bits per heavy atom. The summed E-state index contributed by atoms with van der Waals surface area (Å²) >= 11 is 8.85. The van der Waals surface area contributed by atoms with Crippen LogP contribution in [0, 0.1) is 0 Å². The summed E-state index contributed by atoms with van der Waals surface area (Å²) in [6, 6.07) is 42.5. The van der Waals surface area contributed by atoms with E-state index in [-0.39, 0.29) is 5.91 Å². The number of aromatic nitrogens is 2. The van der Waals surface area contributed by atoms with Gasteiger partial charge in [0.15, 0.2) is 10.3 Å². The van der Waals surface area contributed by atoms with E-state index in [4.69, 9.17) is 26.3 Å². The van der Waals surface area contributed by atoms with Crippen molar-refractivity contribution in [3.63, 3.8) is 0 Å². The molecule has 0 radical (unpaired) electrons. The molecule has 0 saturated heterocycles. The minimum absolute atomic E-state index is 0.245. The first-order chi connectivity index (χ1) is 23.1. The third kappa shape index (κ3) is 5.99. The van der Waals surface area contributed by atoms with Gasteiger partial charge in [-0.2, -0.15) is 0 Å². The van der Waals surface area contributed by atoms with Gasteiger partial charge in [-0.05, 0) is 46.5 Å². The van der Waals surface area contributed by atoms with E-state index in [9.17, 15) is 4.79 Å². The Bertz CT molecular complexity index is 2040. The van der Waals surface area contributed by atoms with Crippen molar-refractivity contribution in [2.24, 2.45) is 0 Å². The van der Waals surface area contributed by atoms with Gasteiger partial charge in [0.25, 0.3) is 5.91 Å². The number of carbonyl (C=O) groups excluding carboxylic acids is 1. The lowest BCUT2D eigenvalue weighted by Gasteiger charge is -2.36. The molecule has 7 aromatic rings. The van der Waals surface area contributed by atoms with Crippen LogP contribution in [-0.4, -0.2) is 23.0 Å². The van der Waals surface area contributed by atoms with Gasteiger partial charge in [-0.25, -0.2) is 9.97 Å². The maximum Gasteiger partial charge on any atom is 0.257 e. The molecular weight excluding hydrogens is 644 g/mol. The van der Waals surface area contributed by atoms with E-state index >= 15 is 0 Å². The number of hydrogen-bond donors (Lipinski definition) is 2. The Morgan fingerprint density at radius 1 is 0.766 bits per heavy atom. The molecule has 0 aliphatic carbocycles. The number of thiazole rings is 2. The third-order valence-corrected chi connectivity index (χ3v) is 10.1.